The van der Waals surface area contributed by atoms with Crippen molar-refractivity contribution in [1.82, 2.24) is 14.7 Å². The van der Waals surface area contributed by atoms with Gasteiger partial charge in [0.25, 0.3) is 0 Å². The molecule has 1 aliphatic heterocycles. The second kappa shape index (κ2) is 7.76. The van der Waals surface area contributed by atoms with Crippen LogP contribution in [0.1, 0.15) is 24.0 Å². The Balaban J connectivity index is 1.46. The van der Waals surface area contributed by atoms with Crippen LogP contribution in [-0.2, 0) is 11.3 Å². The molecule has 2 heterocycles. The highest BCUT2D eigenvalue weighted by Gasteiger charge is 2.31. The van der Waals surface area contributed by atoms with Crippen LogP contribution in [0.15, 0.2) is 66.9 Å². The minimum Gasteiger partial charge on any atom is -0.308 e. The number of carbonyl (C=O) groups is 1. The van der Waals surface area contributed by atoms with Crippen molar-refractivity contribution < 1.29 is 4.79 Å². The lowest BCUT2D eigenvalue weighted by Gasteiger charge is -2.23. The molecular weight excluding hydrogens is 336 g/mol. The summed E-state index contributed by atoms with van der Waals surface area (Å²) in [5, 5.41) is 7.61. The molecule has 1 aliphatic rings. The van der Waals surface area contributed by atoms with E-state index in [1.165, 1.54) is 5.56 Å². The van der Waals surface area contributed by atoms with E-state index in [9.17, 15) is 4.79 Å². The Hall–Kier alpha value is -2.92. The standard InChI is InChI=1S/C22H24N4O/c1-17-15-26(19-11-6-3-7-12-19)24-21(17)23-22(27)20-13-8-14-25(20)16-18-9-4-2-5-10-18/h2-7,9-12,15,20H,8,13-14,16H2,1H3,(H,23,24,27). The molecule has 0 radical (unpaired) electrons. The zero-order valence-corrected chi connectivity index (χ0v) is 15.5. The van der Waals surface area contributed by atoms with Crippen molar-refractivity contribution in [1.29, 1.82) is 0 Å². The summed E-state index contributed by atoms with van der Waals surface area (Å²) >= 11 is 0. The molecule has 1 amide bonds. The van der Waals surface area contributed by atoms with Gasteiger partial charge in [0.1, 0.15) is 0 Å². The van der Waals surface area contributed by atoms with Gasteiger partial charge in [0.05, 0.1) is 11.7 Å². The number of rotatable bonds is 5. The van der Waals surface area contributed by atoms with E-state index < -0.39 is 0 Å². The highest BCUT2D eigenvalue weighted by atomic mass is 16.2. The molecule has 27 heavy (non-hydrogen) atoms. The van der Waals surface area contributed by atoms with E-state index in [1.807, 2.05) is 61.7 Å². The Morgan fingerprint density at radius 3 is 2.56 bits per heavy atom. The second-order valence-electron chi connectivity index (χ2n) is 7.04. The van der Waals surface area contributed by atoms with Crippen molar-refractivity contribution in [2.75, 3.05) is 11.9 Å². The average molecular weight is 360 g/mol. The number of likely N-dealkylation sites (tertiary alicyclic amines) is 1. The third-order valence-electron chi connectivity index (χ3n) is 5.05. The lowest BCUT2D eigenvalue weighted by molar-refractivity contribution is -0.120. The molecular formula is C22H24N4O. The fourth-order valence-electron chi connectivity index (χ4n) is 3.63. The molecule has 138 valence electrons. The quantitative estimate of drug-likeness (QED) is 0.753. The first-order valence-electron chi connectivity index (χ1n) is 9.41. The van der Waals surface area contributed by atoms with Gasteiger partial charge in [-0.1, -0.05) is 48.5 Å². The fourth-order valence-corrected chi connectivity index (χ4v) is 3.63. The number of carbonyl (C=O) groups excluding carboxylic acids is 1. The molecule has 1 fully saturated rings. The van der Waals surface area contributed by atoms with E-state index in [2.05, 4.69) is 27.4 Å². The van der Waals surface area contributed by atoms with Crippen LogP contribution in [0.4, 0.5) is 5.82 Å². The van der Waals surface area contributed by atoms with Crippen LogP contribution in [0, 0.1) is 6.92 Å². The molecule has 0 aliphatic carbocycles. The zero-order chi connectivity index (χ0) is 18.6. The summed E-state index contributed by atoms with van der Waals surface area (Å²) in [5.74, 6) is 0.667. The number of amides is 1. The summed E-state index contributed by atoms with van der Waals surface area (Å²) in [4.78, 5) is 15.2. The molecule has 1 saturated heterocycles. The lowest BCUT2D eigenvalue weighted by atomic mass is 10.1. The first-order chi connectivity index (χ1) is 13.2. The smallest absolute Gasteiger partial charge is 0.242 e. The third-order valence-corrected chi connectivity index (χ3v) is 5.05. The average Bonchev–Trinajstić information content (AvgIpc) is 3.30. The molecule has 0 spiro atoms. The molecule has 5 nitrogen and oxygen atoms in total. The van der Waals surface area contributed by atoms with Crippen molar-refractivity contribution in [3.63, 3.8) is 0 Å². The molecule has 3 aromatic rings. The molecule has 5 heteroatoms. The summed E-state index contributed by atoms with van der Waals surface area (Å²) in [5.41, 5.74) is 3.18. The van der Waals surface area contributed by atoms with Crippen molar-refractivity contribution in [2.45, 2.75) is 32.4 Å². The largest absolute Gasteiger partial charge is 0.308 e. The maximum atomic E-state index is 12.9. The molecule has 1 unspecified atom stereocenters. The summed E-state index contributed by atoms with van der Waals surface area (Å²) in [6, 6.07) is 20.1. The maximum absolute atomic E-state index is 12.9. The van der Waals surface area contributed by atoms with Gasteiger partial charge in [-0.15, -0.1) is 5.10 Å². The molecule has 0 saturated carbocycles. The number of aryl methyl sites for hydroxylation is 1. The van der Waals surface area contributed by atoms with Crippen molar-refractivity contribution >= 4 is 11.7 Å². The van der Waals surface area contributed by atoms with Gasteiger partial charge in [-0.2, -0.15) is 0 Å². The van der Waals surface area contributed by atoms with Gasteiger partial charge < -0.3 is 5.32 Å². The van der Waals surface area contributed by atoms with Crippen LogP contribution < -0.4 is 5.32 Å². The van der Waals surface area contributed by atoms with Crippen molar-refractivity contribution in [2.24, 2.45) is 0 Å². The van der Waals surface area contributed by atoms with E-state index in [0.717, 1.165) is 37.2 Å². The van der Waals surface area contributed by atoms with Crippen LogP contribution in [0.3, 0.4) is 0 Å². The van der Waals surface area contributed by atoms with Gasteiger partial charge in [-0.3, -0.25) is 9.69 Å². The Morgan fingerprint density at radius 2 is 1.81 bits per heavy atom. The van der Waals surface area contributed by atoms with Crippen molar-refractivity contribution in [3.05, 3.63) is 78.0 Å². The van der Waals surface area contributed by atoms with Gasteiger partial charge in [0.15, 0.2) is 5.82 Å². The van der Waals surface area contributed by atoms with Crippen LogP contribution in [-0.4, -0.2) is 33.2 Å². The number of hydrogen-bond donors (Lipinski definition) is 1. The fraction of sp³-hybridized carbons (Fsp3) is 0.273. The SMILES string of the molecule is Cc1cn(-c2ccccc2)nc1NC(=O)C1CCCN1Cc1ccccc1. The predicted octanol–water partition coefficient (Wildman–Crippen LogP) is 3.78. The number of benzene rings is 2. The number of hydrogen-bond acceptors (Lipinski definition) is 3. The number of para-hydroxylation sites is 1. The Kier molecular flexibility index (Phi) is 5.03. The van der Waals surface area contributed by atoms with Crippen molar-refractivity contribution in [3.8, 4) is 5.69 Å². The minimum atomic E-state index is -0.105. The molecule has 2 aromatic carbocycles. The molecule has 1 atom stereocenters. The van der Waals surface area contributed by atoms with Crippen LogP contribution in [0.25, 0.3) is 5.69 Å². The first-order valence-corrected chi connectivity index (χ1v) is 9.41. The highest BCUT2D eigenvalue weighted by molar-refractivity contribution is 5.94. The number of nitrogens with zero attached hydrogens (tertiary/aromatic N) is 3. The zero-order valence-electron chi connectivity index (χ0n) is 15.5. The number of anilines is 1. The van der Waals surface area contributed by atoms with E-state index in [0.29, 0.717) is 5.82 Å². The monoisotopic (exact) mass is 360 g/mol. The number of aromatic nitrogens is 2. The summed E-state index contributed by atoms with van der Waals surface area (Å²) < 4.78 is 1.81. The molecule has 4 rings (SSSR count). The second-order valence-corrected chi connectivity index (χ2v) is 7.04. The molecule has 1 aromatic heterocycles. The van der Waals surface area contributed by atoms with Crippen LogP contribution in [0.5, 0.6) is 0 Å². The van der Waals surface area contributed by atoms with Gasteiger partial charge in [-0.25, -0.2) is 4.68 Å². The van der Waals surface area contributed by atoms with Crippen LogP contribution in [0.2, 0.25) is 0 Å². The molecule has 1 N–H and O–H groups in total. The molecule has 0 bridgehead atoms. The summed E-state index contributed by atoms with van der Waals surface area (Å²) in [7, 11) is 0. The Bertz CT molecular complexity index is 905. The summed E-state index contributed by atoms with van der Waals surface area (Å²) in [6.07, 6.45) is 3.88. The van der Waals surface area contributed by atoms with E-state index in [-0.39, 0.29) is 11.9 Å². The first kappa shape index (κ1) is 17.5. The van der Waals surface area contributed by atoms with Gasteiger partial charge in [-0.05, 0) is 44.0 Å². The minimum absolute atomic E-state index is 0.0323. The van der Waals surface area contributed by atoms with E-state index in [4.69, 9.17) is 0 Å². The topological polar surface area (TPSA) is 50.2 Å². The van der Waals surface area contributed by atoms with Gasteiger partial charge in [0, 0.05) is 18.3 Å². The van der Waals surface area contributed by atoms with E-state index in [1.54, 1.807) is 4.68 Å². The normalized spacial score (nSPS) is 17.1. The number of nitrogens with one attached hydrogen (secondary N) is 1. The highest BCUT2D eigenvalue weighted by Crippen LogP contribution is 2.22. The van der Waals surface area contributed by atoms with Gasteiger partial charge in [0.2, 0.25) is 5.91 Å². The van der Waals surface area contributed by atoms with Crippen LogP contribution >= 0.6 is 0 Å². The Labute approximate surface area is 159 Å². The predicted molar refractivity (Wildman–Crippen MR) is 107 cm³/mol. The third kappa shape index (κ3) is 3.93. The van der Waals surface area contributed by atoms with E-state index >= 15 is 0 Å². The lowest BCUT2D eigenvalue weighted by Crippen LogP contribution is -2.39. The Morgan fingerprint density at radius 1 is 1.11 bits per heavy atom. The summed E-state index contributed by atoms with van der Waals surface area (Å²) in [6.45, 7) is 3.72. The maximum Gasteiger partial charge on any atom is 0.242 e. The van der Waals surface area contributed by atoms with Gasteiger partial charge >= 0.3 is 0 Å².